The molecule has 2 radical (unpaired) electrons. The maximum absolute atomic E-state index is 5.16. The van der Waals surface area contributed by atoms with E-state index in [1.165, 1.54) is 21.9 Å². The van der Waals surface area contributed by atoms with Gasteiger partial charge in [0.05, 0.1) is 0 Å². The van der Waals surface area contributed by atoms with E-state index in [1.54, 1.807) is 7.11 Å². The minimum absolute atomic E-state index is 0.481. The van der Waals surface area contributed by atoms with E-state index in [4.69, 9.17) is 4.43 Å². The molecule has 0 atom stereocenters. The smallest absolute Gasteiger partial charge is 0.268 e. The molecule has 64 valence electrons. The summed E-state index contributed by atoms with van der Waals surface area (Å²) < 4.78 is 5.16. The Morgan fingerprint density at radius 3 is 2.00 bits per heavy atom. The van der Waals surface area contributed by atoms with Gasteiger partial charge in [-0.3, -0.25) is 0 Å². The molecule has 2 heteroatoms. The van der Waals surface area contributed by atoms with Crippen LogP contribution < -0.4 is 5.19 Å². The van der Waals surface area contributed by atoms with Crippen molar-refractivity contribution in [3.63, 3.8) is 0 Å². The van der Waals surface area contributed by atoms with E-state index >= 15 is 0 Å². The number of aryl methyl sites for hydroxylation is 3. The van der Waals surface area contributed by atoms with Crippen LogP contribution in [0.3, 0.4) is 0 Å². The molecule has 1 aromatic carbocycles. The Kier molecular flexibility index (Phi) is 3.06. The van der Waals surface area contributed by atoms with Gasteiger partial charge in [0.2, 0.25) is 0 Å². The Hall–Kier alpha value is -0.603. The number of benzene rings is 1. The Bertz CT molecular complexity index is 258. The predicted octanol–water partition coefficient (Wildman–Crippen LogP) is 1.50. The minimum Gasteiger partial charge on any atom is -0.415 e. The van der Waals surface area contributed by atoms with Crippen molar-refractivity contribution in [2.24, 2.45) is 0 Å². The summed E-state index contributed by atoms with van der Waals surface area (Å²) >= 11 is 0. The summed E-state index contributed by atoms with van der Waals surface area (Å²) in [6.07, 6.45) is 0. The lowest BCUT2D eigenvalue weighted by Gasteiger charge is -2.08. The number of rotatable bonds is 2. The van der Waals surface area contributed by atoms with Crippen molar-refractivity contribution in [3.05, 3.63) is 28.8 Å². The van der Waals surface area contributed by atoms with Gasteiger partial charge >= 0.3 is 0 Å². The summed E-state index contributed by atoms with van der Waals surface area (Å²) in [6.45, 7) is 6.41. The third kappa shape index (κ3) is 1.96. The van der Waals surface area contributed by atoms with Gasteiger partial charge in [-0.25, -0.2) is 0 Å². The van der Waals surface area contributed by atoms with Crippen molar-refractivity contribution in [3.8, 4) is 0 Å². The van der Waals surface area contributed by atoms with E-state index in [2.05, 4.69) is 32.9 Å². The summed E-state index contributed by atoms with van der Waals surface area (Å²) in [4.78, 5) is 0. The molecule has 0 aliphatic carbocycles. The van der Waals surface area contributed by atoms with Gasteiger partial charge in [0.15, 0.2) is 0 Å². The molecule has 0 spiro atoms. The van der Waals surface area contributed by atoms with Crippen molar-refractivity contribution in [1.82, 2.24) is 0 Å². The SMILES string of the molecule is CO[Si]c1c(C)cc(C)cc1C. The van der Waals surface area contributed by atoms with Crippen LogP contribution in [0.5, 0.6) is 0 Å². The fraction of sp³-hybridized carbons (Fsp3) is 0.400. The van der Waals surface area contributed by atoms with Gasteiger partial charge in [-0.15, -0.1) is 0 Å². The molecule has 0 amide bonds. The molecule has 0 aromatic heterocycles. The first-order valence-electron chi connectivity index (χ1n) is 4.02. The number of hydrogen-bond acceptors (Lipinski definition) is 1. The quantitative estimate of drug-likeness (QED) is 0.624. The van der Waals surface area contributed by atoms with Crippen LogP contribution in [0.15, 0.2) is 12.1 Å². The van der Waals surface area contributed by atoms with E-state index in [-0.39, 0.29) is 0 Å². The lowest BCUT2D eigenvalue weighted by molar-refractivity contribution is 0.450. The topological polar surface area (TPSA) is 9.23 Å². The standard InChI is InChI=1S/C10H14OSi/c1-7-5-8(2)10(12-11-4)9(3)6-7/h5-6H,1-4H3. The zero-order valence-electron chi connectivity index (χ0n) is 8.06. The summed E-state index contributed by atoms with van der Waals surface area (Å²) in [6, 6.07) is 4.41. The lowest BCUT2D eigenvalue weighted by atomic mass is 10.1. The maximum atomic E-state index is 5.16. The third-order valence-corrected chi connectivity index (χ3v) is 3.08. The molecule has 0 saturated heterocycles. The zero-order chi connectivity index (χ0) is 9.14. The molecule has 1 rings (SSSR count). The van der Waals surface area contributed by atoms with E-state index in [1.807, 2.05) is 0 Å². The molecular weight excluding hydrogens is 164 g/mol. The van der Waals surface area contributed by atoms with Crippen molar-refractivity contribution < 1.29 is 4.43 Å². The van der Waals surface area contributed by atoms with E-state index in [0.29, 0.717) is 9.76 Å². The van der Waals surface area contributed by atoms with Gasteiger partial charge in [-0.1, -0.05) is 17.7 Å². The summed E-state index contributed by atoms with van der Waals surface area (Å²) in [7, 11) is 2.23. The van der Waals surface area contributed by atoms with Crippen LogP contribution in [0.25, 0.3) is 0 Å². The highest BCUT2D eigenvalue weighted by molar-refractivity contribution is 6.48. The average Bonchev–Trinajstić information content (AvgIpc) is 1.96. The molecular formula is C10H14OSi. The third-order valence-electron chi connectivity index (χ3n) is 1.88. The summed E-state index contributed by atoms with van der Waals surface area (Å²) in [5.41, 5.74) is 4.01. The molecule has 0 saturated carbocycles. The van der Waals surface area contributed by atoms with Crippen molar-refractivity contribution in [2.45, 2.75) is 20.8 Å². The van der Waals surface area contributed by atoms with Crippen LogP contribution in [0.4, 0.5) is 0 Å². The largest absolute Gasteiger partial charge is 0.415 e. The first-order valence-corrected chi connectivity index (χ1v) is 4.93. The number of hydrogen-bond donors (Lipinski definition) is 0. The molecule has 1 nitrogen and oxygen atoms in total. The van der Waals surface area contributed by atoms with Crippen molar-refractivity contribution >= 4 is 14.9 Å². The van der Waals surface area contributed by atoms with Crippen LogP contribution in [0.2, 0.25) is 0 Å². The fourth-order valence-electron chi connectivity index (χ4n) is 1.44. The zero-order valence-corrected chi connectivity index (χ0v) is 9.06. The second-order valence-electron chi connectivity index (χ2n) is 3.08. The first kappa shape index (κ1) is 9.48. The predicted molar refractivity (Wildman–Crippen MR) is 53.1 cm³/mol. The lowest BCUT2D eigenvalue weighted by Crippen LogP contribution is -2.22. The molecule has 0 heterocycles. The van der Waals surface area contributed by atoms with E-state index in [0.717, 1.165) is 0 Å². The molecule has 1 aromatic rings. The van der Waals surface area contributed by atoms with Gasteiger partial charge in [0.25, 0.3) is 9.76 Å². The maximum Gasteiger partial charge on any atom is 0.268 e. The second kappa shape index (κ2) is 3.87. The highest BCUT2D eigenvalue weighted by atomic mass is 28.2. The highest BCUT2D eigenvalue weighted by Gasteiger charge is 2.04. The molecule has 0 unspecified atom stereocenters. The van der Waals surface area contributed by atoms with Crippen LogP contribution in [0, 0.1) is 20.8 Å². The van der Waals surface area contributed by atoms with Crippen LogP contribution >= 0.6 is 0 Å². The highest BCUT2D eigenvalue weighted by Crippen LogP contribution is 2.04. The molecule has 12 heavy (non-hydrogen) atoms. The molecule has 0 bridgehead atoms. The van der Waals surface area contributed by atoms with Crippen LogP contribution in [0.1, 0.15) is 16.7 Å². The Labute approximate surface area is 76.7 Å². The van der Waals surface area contributed by atoms with Gasteiger partial charge < -0.3 is 4.43 Å². The van der Waals surface area contributed by atoms with Gasteiger partial charge in [-0.2, -0.15) is 0 Å². The molecule has 0 aliphatic rings. The van der Waals surface area contributed by atoms with Gasteiger partial charge in [0.1, 0.15) is 0 Å². The minimum atomic E-state index is 0.481. The fourth-order valence-corrected chi connectivity index (χ4v) is 2.11. The second-order valence-corrected chi connectivity index (χ2v) is 4.19. The van der Waals surface area contributed by atoms with Crippen LogP contribution in [-0.4, -0.2) is 16.9 Å². The van der Waals surface area contributed by atoms with Crippen LogP contribution in [-0.2, 0) is 4.43 Å². The average molecular weight is 178 g/mol. The normalized spacial score (nSPS) is 10.3. The Morgan fingerprint density at radius 1 is 1.08 bits per heavy atom. The Balaban J connectivity index is 3.10. The summed E-state index contributed by atoms with van der Waals surface area (Å²) in [5, 5.41) is 1.35. The van der Waals surface area contributed by atoms with Gasteiger partial charge in [0, 0.05) is 7.11 Å². The van der Waals surface area contributed by atoms with E-state index < -0.39 is 0 Å². The Morgan fingerprint density at radius 2 is 1.58 bits per heavy atom. The molecule has 0 fully saturated rings. The molecule has 0 aliphatic heterocycles. The first-order chi connectivity index (χ1) is 5.65. The van der Waals surface area contributed by atoms with Crippen molar-refractivity contribution in [2.75, 3.05) is 7.11 Å². The monoisotopic (exact) mass is 178 g/mol. The van der Waals surface area contributed by atoms with Gasteiger partial charge in [-0.05, 0) is 37.1 Å². The summed E-state index contributed by atoms with van der Waals surface area (Å²) in [5.74, 6) is 0. The van der Waals surface area contributed by atoms with Crippen molar-refractivity contribution in [1.29, 1.82) is 0 Å². The molecule has 0 N–H and O–H groups in total. The van der Waals surface area contributed by atoms with E-state index in [9.17, 15) is 0 Å².